The third-order valence-electron chi connectivity index (χ3n) is 4.15. The molecular formula is C21H19ClOP+. The van der Waals surface area contributed by atoms with Crippen LogP contribution in [-0.4, -0.2) is 17.8 Å². The highest BCUT2D eigenvalue weighted by Gasteiger charge is 2.46. The monoisotopic (exact) mass is 353 g/mol. The minimum absolute atomic E-state index is 0.0499. The van der Waals surface area contributed by atoms with Gasteiger partial charge in [-0.05, 0) is 36.4 Å². The number of hydrogen-bond donors (Lipinski definition) is 0. The van der Waals surface area contributed by atoms with Crippen LogP contribution in [0.2, 0.25) is 0 Å². The zero-order chi connectivity index (χ0) is 16.8. The Labute approximate surface area is 148 Å². The molecule has 0 atom stereocenters. The summed E-state index contributed by atoms with van der Waals surface area (Å²) in [5.41, 5.74) is 0. The van der Waals surface area contributed by atoms with Crippen LogP contribution in [-0.2, 0) is 4.79 Å². The molecule has 0 radical (unpaired) electrons. The van der Waals surface area contributed by atoms with Crippen LogP contribution in [0.3, 0.4) is 0 Å². The molecule has 120 valence electrons. The van der Waals surface area contributed by atoms with Gasteiger partial charge in [-0.25, -0.2) is 0 Å². The van der Waals surface area contributed by atoms with Gasteiger partial charge in [0.05, 0.1) is 5.88 Å². The van der Waals surface area contributed by atoms with Gasteiger partial charge in [-0.15, -0.1) is 11.6 Å². The molecule has 1 nitrogen and oxygen atoms in total. The van der Waals surface area contributed by atoms with E-state index < -0.39 is 7.26 Å². The molecule has 0 aliphatic carbocycles. The van der Waals surface area contributed by atoms with Crippen LogP contribution in [0.5, 0.6) is 0 Å². The molecule has 3 rings (SSSR count). The van der Waals surface area contributed by atoms with Crippen molar-refractivity contribution in [2.75, 3.05) is 12.0 Å². The molecule has 0 saturated heterocycles. The van der Waals surface area contributed by atoms with Gasteiger partial charge in [-0.3, -0.25) is 4.79 Å². The van der Waals surface area contributed by atoms with Gasteiger partial charge in [0.1, 0.15) is 29.3 Å². The third-order valence-corrected chi connectivity index (χ3v) is 8.82. The van der Waals surface area contributed by atoms with Gasteiger partial charge in [0.2, 0.25) is 0 Å². The largest absolute Gasteiger partial charge is 0.294 e. The van der Waals surface area contributed by atoms with E-state index in [9.17, 15) is 4.79 Å². The summed E-state index contributed by atoms with van der Waals surface area (Å²) in [6.45, 7) is 0. The average Bonchev–Trinajstić information content (AvgIpc) is 2.68. The van der Waals surface area contributed by atoms with Crippen molar-refractivity contribution in [3.8, 4) is 0 Å². The number of ketones is 1. The van der Waals surface area contributed by atoms with Gasteiger partial charge in [-0.1, -0.05) is 54.6 Å². The maximum Gasteiger partial charge on any atom is 0.185 e. The standard InChI is InChI=1S/C21H19ClOP/c22-16-18(23)17-24(19-10-4-1-5-11-19,20-12-6-2-7-13-20)21-14-8-3-9-15-21/h1-15H,16-17H2/q+1. The van der Waals surface area contributed by atoms with Crippen LogP contribution >= 0.6 is 18.9 Å². The fourth-order valence-corrected chi connectivity index (χ4v) is 7.43. The first kappa shape index (κ1) is 16.9. The van der Waals surface area contributed by atoms with E-state index in [2.05, 4.69) is 36.4 Å². The highest BCUT2D eigenvalue weighted by molar-refractivity contribution is 7.96. The second-order valence-electron chi connectivity index (χ2n) is 5.65. The van der Waals surface area contributed by atoms with Crippen LogP contribution in [0, 0.1) is 0 Å². The molecule has 0 aliphatic rings. The first-order valence-corrected chi connectivity index (χ1v) is 10.4. The fourth-order valence-electron chi connectivity index (χ4n) is 3.08. The molecule has 0 aromatic heterocycles. The minimum atomic E-state index is -2.06. The predicted molar refractivity (Wildman–Crippen MR) is 106 cm³/mol. The Kier molecular flexibility index (Phi) is 5.45. The normalized spacial score (nSPS) is 11.2. The average molecular weight is 354 g/mol. The Bertz CT molecular complexity index is 691. The van der Waals surface area contributed by atoms with Crippen LogP contribution in [0.4, 0.5) is 0 Å². The van der Waals surface area contributed by atoms with E-state index in [0.29, 0.717) is 6.16 Å². The molecule has 24 heavy (non-hydrogen) atoms. The second kappa shape index (κ2) is 7.75. The van der Waals surface area contributed by atoms with E-state index in [1.807, 2.05) is 54.6 Å². The maximum absolute atomic E-state index is 12.4. The molecule has 0 aliphatic heterocycles. The van der Waals surface area contributed by atoms with E-state index in [0.717, 1.165) is 0 Å². The first-order valence-electron chi connectivity index (χ1n) is 7.90. The number of Topliss-reactive ketones (excluding diaryl/α,β-unsaturated/α-hetero) is 1. The van der Waals surface area contributed by atoms with Crippen LogP contribution in [0.15, 0.2) is 91.0 Å². The van der Waals surface area contributed by atoms with Gasteiger partial charge in [0, 0.05) is 0 Å². The van der Waals surface area contributed by atoms with Crippen molar-refractivity contribution >= 4 is 40.6 Å². The molecule has 0 N–H and O–H groups in total. The Morgan fingerprint density at radius 2 is 1.00 bits per heavy atom. The summed E-state index contributed by atoms with van der Waals surface area (Å²) in [6.07, 6.45) is 0.453. The highest BCUT2D eigenvalue weighted by atomic mass is 35.5. The zero-order valence-electron chi connectivity index (χ0n) is 13.3. The van der Waals surface area contributed by atoms with Gasteiger partial charge < -0.3 is 0 Å². The lowest BCUT2D eigenvalue weighted by molar-refractivity contribution is -0.114. The molecular weight excluding hydrogens is 335 g/mol. The molecule has 0 spiro atoms. The highest BCUT2D eigenvalue weighted by Crippen LogP contribution is 2.55. The van der Waals surface area contributed by atoms with E-state index in [-0.39, 0.29) is 11.7 Å². The predicted octanol–water partition coefficient (Wildman–Crippen LogP) is 3.79. The Morgan fingerprint density at radius 3 is 1.29 bits per heavy atom. The van der Waals surface area contributed by atoms with Gasteiger partial charge >= 0.3 is 0 Å². The minimum Gasteiger partial charge on any atom is -0.294 e. The topological polar surface area (TPSA) is 17.1 Å². The number of benzene rings is 3. The fraction of sp³-hybridized carbons (Fsp3) is 0.0952. The van der Waals surface area contributed by atoms with Gasteiger partial charge in [-0.2, -0.15) is 0 Å². The van der Waals surface area contributed by atoms with Crippen molar-refractivity contribution < 1.29 is 4.79 Å². The number of alkyl halides is 1. The number of carbonyl (C=O) groups excluding carboxylic acids is 1. The smallest absolute Gasteiger partial charge is 0.185 e. The first-order chi connectivity index (χ1) is 11.8. The molecule has 0 fully saturated rings. The molecule has 0 heterocycles. The van der Waals surface area contributed by atoms with E-state index >= 15 is 0 Å². The quantitative estimate of drug-likeness (QED) is 0.487. The molecule has 3 aromatic rings. The molecule has 0 bridgehead atoms. The second-order valence-corrected chi connectivity index (χ2v) is 9.40. The summed E-state index contributed by atoms with van der Waals surface area (Å²) in [7, 11) is -2.06. The van der Waals surface area contributed by atoms with Crippen LogP contribution < -0.4 is 15.9 Å². The summed E-state index contributed by atoms with van der Waals surface area (Å²) in [5.74, 6) is 0.135. The number of rotatable bonds is 6. The van der Waals surface area contributed by atoms with Crippen molar-refractivity contribution in [3.05, 3.63) is 91.0 Å². The Morgan fingerprint density at radius 1 is 0.667 bits per heavy atom. The summed E-state index contributed by atoms with van der Waals surface area (Å²) in [6, 6.07) is 31.1. The van der Waals surface area contributed by atoms with Crippen molar-refractivity contribution in [1.29, 1.82) is 0 Å². The van der Waals surface area contributed by atoms with Crippen LogP contribution in [0.1, 0.15) is 0 Å². The number of halogens is 1. The van der Waals surface area contributed by atoms with E-state index in [1.165, 1.54) is 15.9 Å². The lowest BCUT2D eigenvalue weighted by Crippen LogP contribution is -2.36. The number of carbonyl (C=O) groups is 1. The molecule has 3 heteroatoms. The molecule has 0 amide bonds. The Balaban J connectivity index is 2.30. The summed E-state index contributed by atoms with van der Waals surface area (Å²) in [5, 5.41) is 3.63. The molecule has 0 saturated carbocycles. The van der Waals surface area contributed by atoms with Crippen molar-refractivity contribution in [2.24, 2.45) is 0 Å². The number of hydrogen-bond acceptors (Lipinski definition) is 1. The SMILES string of the molecule is O=C(CCl)C[P+](c1ccccc1)(c1ccccc1)c1ccccc1. The van der Waals surface area contributed by atoms with Gasteiger partial charge in [0.25, 0.3) is 0 Å². The summed E-state index contributed by atoms with van der Waals surface area (Å²) >= 11 is 5.89. The Hall–Kier alpha value is -1.95. The van der Waals surface area contributed by atoms with Crippen molar-refractivity contribution in [1.82, 2.24) is 0 Å². The zero-order valence-corrected chi connectivity index (χ0v) is 15.0. The maximum atomic E-state index is 12.4. The lowest BCUT2D eigenvalue weighted by atomic mass is 10.4. The summed E-state index contributed by atoms with van der Waals surface area (Å²) in [4.78, 5) is 12.4. The van der Waals surface area contributed by atoms with Crippen molar-refractivity contribution in [3.63, 3.8) is 0 Å². The van der Waals surface area contributed by atoms with E-state index in [1.54, 1.807) is 0 Å². The van der Waals surface area contributed by atoms with E-state index in [4.69, 9.17) is 11.6 Å². The third kappa shape index (κ3) is 3.29. The molecule has 0 unspecified atom stereocenters. The molecule has 3 aromatic carbocycles. The van der Waals surface area contributed by atoms with Crippen molar-refractivity contribution in [2.45, 2.75) is 0 Å². The lowest BCUT2D eigenvalue weighted by Gasteiger charge is -2.26. The van der Waals surface area contributed by atoms with Crippen LogP contribution in [0.25, 0.3) is 0 Å². The summed E-state index contributed by atoms with van der Waals surface area (Å²) < 4.78 is 0. The van der Waals surface area contributed by atoms with Gasteiger partial charge in [0.15, 0.2) is 5.78 Å².